The van der Waals surface area contributed by atoms with Crippen LogP contribution in [0.5, 0.6) is 0 Å². The Bertz CT molecular complexity index is 874. The Morgan fingerprint density at radius 2 is 2.00 bits per heavy atom. The van der Waals surface area contributed by atoms with E-state index in [1.807, 2.05) is 19.1 Å². The Morgan fingerprint density at radius 3 is 2.77 bits per heavy atom. The first-order chi connectivity index (χ1) is 10.7. The first kappa shape index (κ1) is 13.9. The van der Waals surface area contributed by atoms with Crippen LogP contribution < -0.4 is 10.9 Å². The highest BCUT2D eigenvalue weighted by Crippen LogP contribution is 2.10. The maximum Gasteiger partial charge on any atom is 0.270 e. The number of aromatic nitrogens is 3. The van der Waals surface area contributed by atoms with E-state index in [2.05, 4.69) is 15.3 Å². The molecular weight excluding hydrogens is 280 g/mol. The second kappa shape index (κ2) is 5.77. The predicted octanol–water partition coefficient (Wildman–Crippen LogP) is 1.58. The Balaban J connectivity index is 1.90. The monoisotopic (exact) mass is 294 g/mol. The molecule has 3 rings (SSSR count). The van der Waals surface area contributed by atoms with E-state index in [1.165, 1.54) is 10.6 Å². The molecule has 0 unspecified atom stereocenters. The number of hydrogen-bond acceptors (Lipinski definition) is 4. The number of rotatable bonds is 3. The first-order valence-electron chi connectivity index (χ1n) is 6.84. The predicted molar refractivity (Wildman–Crippen MR) is 81.6 cm³/mol. The fraction of sp³-hybridized carbons (Fsp3) is 0.125. The van der Waals surface area contributed by atoms with Crippen molar-refractivity contribution in [2.75, 3.05) is 0 Å². The van der Waals surface area contributed by atoms with Gasteiger partial charge in [-0.15, -0.1) is 0 Å². The second-order valence-electron chi connectivity index (χ2n) is 4.88. The second-order valence-corrected chi connectivity index (χ2v) is 4.88. The molecule has 0 saturated carbocycles. The number of fused-ring (bicyclic) bond motifs is 1. The summed E-state index contributed by atoms with van der Waals surface area (Å²) in [6, 6.07) is 8.62. The first-order valence-corrected chi connectivity index (χ1v) is 6.84. The summed E-state index contributed by atoms with van der Waals surface area (Å²) in [5.41, 5.74) is 1.05. The molecular formula is C16H14N4O2. The van der Waals surface area contributed by atoms with Crippen molar-refractivity contribution < 1.29 is 4.79 Å². The van der Waals surface area contributed by atoms with Crippen LogP contribution in [0.3, 0.4) is 0 Å². The minimum Gasteiger partial charge on any atom is -0.345 e. The largest absolute Gasteiger partial charge is 0.345 e. The number of carbonyl (C=O) groups excluding carboxylic acids is 1. The van der Waals surface area contributed by atoms with Crippen LogP contribution in [0.2, 0.25) is 0 Å². The number of carbonyl (C=O) groups is 1. The molecule has 0 aliphatic rings. The molecule has 22 heavy (non-hydrogen) atoms. The average molecular weight is 294 g/mol. The third-order valence-electron chi connectivity index (χ3n) is 3.41. The van der Waals surface area contributed by atoms with Gasteiger partial charge in [-0.25, -0.2) is 4.98 Å². The normalized spacial score (nSPS) is 12.0. The topological polar surface area (TPSA) is 76.4 Å². The molecule has 0 radical (unpaired) electrons. The summed E-state index contributed by atoms with van der Waals surface area (Å²) in [6.07, 6.45) is 6.22. The molecule has 1 atom stereocenters. The van der Waals surface area contributed by atoms with Gasteiger partial charge in [0.1, 0.15) is 11.2 Å². The number of nitrogens with one attached hydrogen (secondary N) is 1. The highest BCUT2D eigenvalue weighted by molar-refractivity contribution is 5.94. The minimum absolute atomic E-state index is 0.0182. The molecule has 6 heteroatoms. The van der Waals surface area contributed by atoms with Gasteiger partial charge in [-0.1, -0.05) is 6.07 Å². The van der Waals surface area contributed by atoms with Crippen LogP contribution in [0.25, 0.3) is 5.65 Å². The molecule has 0 aliphatic carbocycles. The number of pyridine rings is 2. The van der Waals surface area contributed by atoms with E-state index in [0.29, 0.717) is 5.65 Å². The molecule has 0 bridgehead atoms. The Kier molecular flexibility index (Phi) is 3.65. The van der Waals surface area contributed by atoms with Crippen molar-refractivity contribution in [2.24, 2.45) is 0 Å². The Hall–Kier alpha value is -3.02. The molecule has 6 nitrogen and oxygen atoms in total. The number of nitrogens with zero attached hydrogens (tertiary/aromatic N) is 3. The smallest absolute Gasteiger partial charge is 0.270 e. The van der Waals surface area contributed by atoms with E-state index in [-0.39, 0.29) is 17.2 Å². The maximum absolute atomic E-state index is 12.3. The average Bonchev–Trinajstić information content (AvgIpc) is 2.56. The fourth-order valence-electron chi connectivity index (χ4n) is 2.19. The van der Waals surface area contributed by atoms with Gasteiger partial charge < -0.3 is 5.32 Å². The molecule has 1 N–H and O–H groups in total. The van der Waals surface area contributed by atoms with E-state index in [1.54, 1.807) is 36.8 Å². The third kappa shape index (κ3) is 2.58. The van der Waals surface area contributed by atoms with Crippen molar-refractivity contribution in [1.82, 2.24) is 19.7 Å². The summed E-state index contributed by atoms with van der Waals surface area (Å²) in [6.45, 7) is 1.85. The van der Waals surface area contributed by atoms with Crippen LogP contribution in [0, 0.1) is 0 Å². The summed E-state index contributed by atoms with van der Waals surface area (Å²) in [5.74, 6) is -0.444. The summed E-state index contributed by atoms with van der Waals surface area (Å²) >= 11 is 0. The van der Waals surface area contributed by atoms with Gasteiger partial charge in [0.05, 0.1) is 6.04 Å². The van der Waals surface area contributed by atoms with Crippen LogP contribution in [0.1, 0.15) is 28.9 Å². The molecule has 0 spiro atoms. The highest BCUT2D eigenvalue weighted by Gasteiger charge is 2.16. The van der Waals surface area contributed by atoms with Crippen LogP contribution in [-0.2, 0) is 0 Å². The van der Waals surface area contributed by atoms with Crippen molar-refractivity contribution in [3.05, 3.63) is 76.6 Å². The summed E-state index contributed by atoms with van der Waals surface area (Å²) in [5, 5.41) is 2.80. The lowest BCUT2D eigenvalue weighted by atomic mass is 10.1. The van der Waals surface area contributed by atoms with Crippen molar-refractivity contribution in [3.63, 3.8) is 0 Å². The van der Waals surface area contributed by atoms with E-state index >= 15 is 0 Å². The van der Waals surface area contributed by atoms with E-state index in [9.17, 15) is 9.59 Å². The SMILES string of the molecule is C[C@H](NC(=O)c1cnc2ccccn2c1=O)c1ccncc1. The van der Waals surface area contributed by atoms with Gasteiger partial charge in [-0.3, -0.25) is 19.0 Å². The van der Waals surface area contributed by atoms with E-state index < -0.39 is 5.91 Å². The van der Waals surface area contributed by atoms with Crippen molar-refractivity contribution in [3.8, 4) is 0 Å². The molecule has 110 valence electrons. The van der Waals surface area contributed by atoms with Gasteiger partial charge in [0.15, 0.2) is 0 Å². The number of amides is 1. The zero-order valence-electron chi connectivity index (χ0n) is 11.9. The van der Waals surface area contributed by atoms with Gasteiger partial charge in [0.2, 0.25) is 0 Å². The molecule has 0 fully saturated rings. The lowest BCUT2D eigenvalue weighted by molar-refractivity contribution is 0.0938. The van der Waals surface area contributed by atoms with Crippen LogP contribution in [0.15, 0.2) is 59.9 Å². The van der Waals surface area contributed by atoms with Crippen LogP contribution in [-0.4, -0.2) is 20.3 Å². The molecule has 0 aromatic carbocycles. The summed E-state index contributed by atoms with van der Waals surface area (Å²) in [7, 11) is 0. The summed E-state index contributed by atoms with van der Waals surface area (Å²) in [4.78, 5) is 32.7. The minimum atomic E-state index is -0.444. The molecule has 3 heterocycles. The van der Waals surface area contributed by atoms with E-state index in [4.69, 9.17) is 0 Å². The molecule has 1 amide bonds. The zero-order chi connectivity index (χ0) is 15.5. The van der Waals surface area contributed by atoms with Crippen LogP contribution >= 0.6 is 0 Å². The maximum atomic E-state index is 12.3. The molecule has 0 saturated heterocycles. The highest BCUT2D eigenvalue weighted by atomic mass is 16.2. The van der Waals surface area contributed by atoms with Crippen molar-refractivity contribution >= 4 is 11.6 Å². The summed E-state index contributed by atoms with van der Waals surface area (Å²) < 4.78 is 1.35. The standard InChI is InChI=1S/C16H14N4O2/c1-11(12-5-7-17-8-6-12)19-15(21)13-10-18-14-4-2-3-9-20(14)16(13)22/h2-11H,1H3,(H,19,21)/t11-/m0/s1. The third-order valence-corrected chi connectivity index (χ3v) is 3.41. The lowest BCUT2D eigenvalue weighted by Gasteiger charge is -2.13. The van der Waals surface area contributed by atoms with Crippen LogP contribution in [0.4, 0.5) is 0 Å². The van der Waals surface area contributed by atoms with Gasteiger partial charge in [-0.05, 0) is 36.8 Å². The van der Waals surface area contributed by atoms with Gasteiger partial charge in [-0.2, -0.15) is 0 Å². The Morgan fingerprint density at radius 1 is 1.23 bits per heavy atom. The van der Waals surface area contributed by atoms with Crippen molar-refractivity contribution in [2.45, 2.75) is 13.0 Å². The molecule has 3 aromatic heterocycles. The van der Waals surface area contributed by atoms with Crippen molar-refractivity contribution in [1.29, 1.82) is 0 Å². The fourth-order valence-corrected chi connectivity index (χ4v) is 2.19. The Labute approximate surface area is 126 Å². The zero-order valence-corrected chi connectivity index (χ0v) is 11.9. The molecule has 0 aliphatic heterocycles. The lowest BCUT2D eigenvalue weighted by Crippen LogP contribution is -2.33. The van der Waals surface area contributed by atoms with E-state index in [0.717, 1.165) is 5.56 Å². The quantitative estimate of drug-likeness (QED) is 0.795. The number of hydrogen-bond donors (Lipinski definition) is 1. The van der Waals surface area contributed by atoms with Gasteiger partial charge in [0.25, 0.3) is 11.5 Å². The molecule has 3 aromatic rings. The van der Waals surface area contributed by atoms with Gasteiger partial charge >= 0.3 is 0 Å². The van der Waals surface area contributed by atoms with Gasteiger partial charge in [0, 0.05) is 24.8 Å².